The minimum atomic E-state index is -0.983. The Morgan fingerprint density at radius 1 is 1.41 bits per heavy atom. The zero-order valence-electron chi connectivity index (χ0n) is 10.2. The summed E-state index contributed by atoms with van der Waals surface area (Å²) in [5.41, 5.74) is 0. The molecule has 1 atom stereocenters. The Bertz CT molecular complexity index is 292. The second-order valence-corrected chi connectivity index (χ2v) is 3.49. The molecular weight excluding hydrogens is 228 g/mol. The number of esters is 1. The molecule has 98 valence electrons. The van der Waals surface area contributed by atoms with Crippen LogP contribution < -0.4 is 5.32 Å². The van der Waals surface area contributed by atoms with Crippen molar-refractivity contribution in [1.29, 1.82) is 0 Å². The van der Waals surface area contributed by atoms with E-state index in [9.17, 15) is 14.4 Å². The van der Waals surface area contributed by atoms with Gasteiger partial charge in [0.1, 0.15) is 6.04 Å². The van der Waals surface area contributed by atoms with Gasteiger partial charge in [-0.25, -0.2) is 9.59 Å². The Morgan fingerprint density at radius 3 is 2.47 bits per heavy atom. The van der Waals surface area contributed by atoms with Crippen LogP contribution in [0.4, 0.5) is 4.79 Å². The molecule has 0 fully saturated rings. The van der Waals surface area contributed by atoms with Crippen LogP contribution in [0, 0.1) is 0 Å². The number of ether oxygens (including phenoxy) is 1. The van der Waals surface area contributed by atoms with Crippen LogP contribution in [-0.2, 0) is 14.3 Å². The predicted octanol–water partition coefficient (Wildman–Crippen LogP) is 0.0541. The van der Waals surface area contributed by atoms with Gasteiger partial charge in [0.25, 0.3) is 0 Å². The van der Waals surface area contributed by atoms with Gasteiger partial charge in [-0.2, -0.15) is 0 Å². The summed E-state index contributed by atoms with van der Waals surface area (Å²) in [6.45, 7) is 3.50. The first-order chi connectivity index (χ1) is 7.88. The molecule has 7 nitrogen and oxygen atoms in total. The Kier molecular flexibility index (Phi) is 6.69. The number of nitrogens with one attached hydrogen (secondary N) is 1. The lowest BCUT2D eigenvalue weighted by atomic mass is 10.3. The van der Waals surface area contributed by atoms with Crippen molar-refractivity contribution in [3.63, 3.8) is 0 Å². The number of aliphatic carboxylic acids is 1. The molecule has 17 heavy (non-hydrogen) atoms. The summed E-state index contributed by atoms with van der Waals surface area (Å²) in [4.78, 5) is 34.2. The van der Waals surface area contributed by atoms with Gasteiger partial charge >= 0.3 is 18.0 Å². The predicted molar refractivity (Wildman–Crippen MR) is 59.5 cm³/mol. The molecule has 0 aromatic heterocycles. The molecule has 0 rings (SSSR count). The minimum absolute atomic E-state index is 0.0801. The van der Waals surface area contributed by atoms with Crippen LogP contribution in [-0.4, -0.2) is 54.2 Å². The molecule has 0 heterocycles. The van der Waals surface area contributed by atoms with Crippen molar-refractivity contribution in [3.8, 4) is 0 Å². The minimum Gasteiger partial charge on any atom is -0.481 e. The number of hydrogen-bond acceptors (Lipinski definition) is 4. The maximum atomic E-state index is 11.5. The summed E-state index contributed by atoms with van der Waals surface area (Å²) in [5, 5.41) is 10.9. The van der Waals surface area contributed by atoms with Crippen LogP contribution in [0.25, 0.3) is 0 Å². The summed E-state index contributed by atoms with van der Waals surface area (Å²) >= 11 is 0. The number of nitrogens with zero attached hydrogens (tertiary/aromatic N) is 1. The molecule has 2 amide bonds. The number of carbonyl (C=O) groups excluding carboxylic acids is 2. The molecule has 7 heteroatoms. The summed E-state index contributed by atoms with van der Waals surface area (Å²) in [6, 6.07) is -1.26. The number of carboxylic acid groups (broad SMARTS) is 1. The molecule has 0 aliphatic carbocycles. The third-order valence-corrected chi connectivity index (χ3v) is 1.99. The molecule has 2 N–H and O–H groups in total. The fourth-order valence-electron chi connectivity index (χ4n) is 0.986. The molecule has 0 aromatic rings. The standard InChI is InChI=1S/C10H18N2O5/c1-4-17-9(15)7(2)11-10(16)12(3)6-5-8(13)14/h7H,4-6H2,1-3H3,(H,11,16)(H,13,14). The SMILES string of the molecule is CCOC(=O)C(C)NC(=O)N(C)CCC(=O)O. The highest BCUT2D eigenvalue weighted by Crippen LogP contribution is 1.93. The topological polar surface area (TPSA) is 95.9 Å². The van der Waals surface area contributed by atoms with Gasteiger partial charge in [0.15, 0.2) is 0 Å². The first-order valence-corrected chi connectivity index (χ1v) is 5.28. The Morgan fingerprint density at radius 2 is 2.00 bits per heavy atom. The maximum Gasteiger partial charge on any atom is 0.328 e. The maximum absolute atomic E-state index is 11.5. The van der Waals surface area contributed by atoms with Gasteiger partial charge in [0, 0.05) is 13.6 Å². The van der Waals surface area contributed by atoms with Crippen LogP contribution >= 0.6 is 0 Å². The van der Waals surface area contributed by atoms with Crippen LogP contribution in [0.15, 0.2) is 0 Å². The van der Waals surface area contributed by atoms with Gasteiger partial charge in [-0.1, -0.05) is 0 Å². The molecule has 0 spiro atoms. The fraction of sp³-hybridized carbons (Fsp3) is 0.700. The van der Waals surface area contributed by atoms with Crippen LogP contribution in [0.1, 0.15) is 20.3 Å². The van der Waals surface area contributed by atoms with Crippen molar-refractivity contribution in [2.45, 2.75) is 26.3 Å². The number of hydrogen-bond donors (Lipinski definition) is 2. The van der Waals surface area contributed by atoms with Crippen molar-refractivity contribution in [1.82, 2.24) is 10.2 Å². The van der Waals surface area contributed by atoms with E-state index in [-0.39, 0.29) is 19.6 Å². The third-order valence-electron chi connectivity index (χ3n) is 1.99. The highest BCUT2D eigenvalue weighted by molar-refractivity contribution is 5.83. The van der Waals surface area contributed by atoms with Gasteiger partial charge in [-0.3, -0.25) is 4.79 Å². The zero-order chi connectivity index (χ0) is 13.4. The molecule has 0 aliphatic rings. The fourth-order valence-corrected chi connectivity index (χ4v) is 0.986. The first-order valence-electron chi connectivity index (χ1n) is 5.28. The van der Waals surface area contributed by atoms with E-state index in [4.69, 9.17) is 9.84 Å². The highest BCUT2D eigenvalue weighted by Gasteiger charge is 2.18. The molecule has 0 saturated heterocycles. The van der Waals surface area contributed by atoms with E-state index in [1.165, 1.54) is 18.9 Å². The lowest BCUT2D eigenvalue weighted by molar-refractivity contribution is -0.145. The largest absolute Gasteiger partial charge is 0.481 e. The van der Waals surface area contributed by atoms with Crippen LogP contribution in [0.3, 0.4) is 0 Å². The number of amides is 2. The summed E-state index contributed by atoms with van der Waals surface area (Å²) < 4.78 is 4.72. The quantitative estimate of drug-likeness (QED) is 0.646. The highest BCUT2D eigenvalue weighted by atomic mass is 16.5. The molecule has 0 radical (unpaired) electrons. The monoisotopic (exact) mass is 246 g/mol. The van der Waals surface area contributed by atoms with E-state index in [1.807, 2.05) is 0 Å². The second-order valence-electron chi connectivity index (χ2n) is 3.49. The van der Waals surface area contributed by atoms with Crippen LogP contribution in [0.2, 0.25) is 0 Å². The lowest BCUT2D eigenvalue weighted by Gasteiger charge is -2.19. The molecular formula is C10H18N2O5. The van der Waals surface area contributed by atoms with Crippen molar-refractivity contribution in [2.75, 3.05) is 20.2 Å². The normalized spacial score (nSPS) is 11.5. The average Bonchev–Trinajstić information content (AvgIpc) is 2.25. The number of urea groups is 1. The number of rotatable bonds is 6. The lowest BCUT2D eigenvalue weighted by Crippen LogP contribution is -2.46. The first kappa shape index (κ1) is 15.2. The van der Waals surface area contributed by atoms with Gasteiger partial charge in [0.2, 0.25) is 0 Å². The Balaban J connectivity index is 4.06. The van der Waals surface area contributed by atoms with E-state index in [0.717, 1.165) is 0 Å². The molecule has 0 bridgehead atoms. The van der Waals surface area contributed by atoms with Crippen molar-refractivity contribution in [2.24, 2.45) is 0 Å². The van der Waals surface area contributed by atoms with Crippen molar-refractivity contribution >= 4 is 18.0 Å². The van der Waals surface area contributed by atoms with Gasteiger partial charge in [-0.05, 0) is 13.8 Å². The summed E-state index contributed by atoms with van der Waals surface area (Å²) in [6.07, 6.45) is -0.141. The molecule has 0 aliphatic heterocycles. The average molecular weight is 246 g/mol. The number of carbonyl (C=O) groups is 3. The van der Waals surface area contributed by atoms with E-state index in [2.05, 4.69) is 5.32 Å². The second kappa shape index (κ2) is 7.48. The van der Waals surface area contributed by atoms with Gasteiger partial charge in [-0.15, -0.1) is 0 Å². The van der Waals surface area contributed by atoms with E-state index >= 15 is 0 Å². The Hall–Kier alpha value is -1.79. The smallest absolute Gasteiger partial charge is 0.328 e. The Labute approximate surface area is 99.7 Å². The summed E-state index contributed by atoms with van der Waals surface area (Å²) in [7, 11) is 1.45. The zero-order valence-corrected chi connectivity index (χ0v) is 10.2. The number of carboxylic acids is 1. The van der Waals surface area contributed by atoms with E-state index < -0.39 is 24.0 Å². The van der Waals surface area contributed by atoms with Gasteiger partial charge in [0.05, 0.1) is 13.0 Å². The van der Waals surface area contributed by atoms with E-state index in [1.54, 1.807) is 6.92 Å². The van der Waals surface area contributed by atoms with Crippen molar-refractivity contribution in [3.05, 3.63) is 0 Å². The van der Waals surface area contributed by atoms with E-state index in [0.29, 0.717) is 0 Å². The molecule has 0 saturated carbocycles. The van der Waals surface area contributed by atoms with Crippen molar-refractivity contribution < 1.29 is 24.2 Å². The third kappa shape index (κ3) is 6.39. The van der Waals surface area contributed by atoms with Gasteiger partial charge < -0.3 is 20.1 Å². The molecule has 0 aromatic carbocycles. The molecule has 1 unspecified atom stereocenters. The summed E-state index contributed by atoms with van der Waals surface area (Å²) in [5.74, 6) is -1.50. The van der Waals surface area contributed by atoms with Crippen LogP contribution in [0.5, 0.6) is 0 Å².